The highest BCUT2D eigenvalue weighted by Gasteiger charge is 2.23. The number of hydrogen-bond donors (Lipinski definition) is 0. The van der Waals surface area contributed by atoms with Crippen LogP contribution in [0, 0.1) is 5.82 Å². The lowest BCUT2D eigenvalue weighted by Gasteiger charge is -2.29. The minimum atomic E-state index is -0.369. The highest BCUT2D eigenvalue weighted by Crippen LogP contribution is 2.31. The summed E-state index contributed by atoms with van der Waals surface area (Å²) >= 11 is 1.34. The topological polar surface area (TPSA) is 45.7 Å². The fraction of sp³-hybridized carbons (Fsp3) is 0.250. The molecule has 1 fully saturated rings. The smallest absolute Gasteiger partial charge is 0.260 e. The summed E-state index contributed by atoms with van der Waals surface area (Å²) in [4.78, 5) is 22.0. The van der Waals surface area contributed by atoms with Crippen LogP contribution in [0.3, 0.4) is 0 Å². The molecular weight excluding hydrogens is 413 g/mol. The molecule has 5 nitrogen and oxygen atoms in total. The van der Waals surface area contributed by atoms with E-state index >= 15 is 0 Å². The average molecular weight is 436 g/mol. The van der Waals surface area contributed by atoms with Gasteiger partial charge in [-0.05, 0) is 35.0 Å². The van der Waals surface area contributed by atoms with Crippen molar-refractivity contribution >= 4 is 43.4 Å². The number of nitrogens with zero attached hydrogens (tertiary/aromatic N) is 3. The van der Waals surface area contributed by atoms with Crippen LogP contribution in [0.15, 0.2) is 60.7 Å². The number of halogens is 1. The van der Waals surface area contributed by atoms with Gasteiger partial charge in [0.15, 0.2) is 5.13 Å². The number of ether oxygens (including phenoxy) is 1. The van der Waals surface area contributed by atoms with E-state index in [-0.39, 0.29) is 11.7 Å². The summed E-state index contributed by atoms with van der Waals surface area (Å²) in [5.74, 6) is -0.496. The van der Waals surface area contributed by atoms with Crippen LogP contribution >= 0.6 is 11.3 Å². The number of fused-ring (bicyclic) bond motifs is 2. The molecule has 5 rings (SSSR count). The van der Waals surface area contributed by atoms with Gasteiger partial charge in [0.1, 0.15) is 11.3 Å². The number of thiazole rings is 1. The standard InChI is InChI=1S/C24H22FN3O2S/c25-20-6-3-7-21-22(20)26-24(31-21)28(11-10-27-12-14-30-15-13-27)23(29)19-9-8-17-4-1-2-5-18(17)16-19/h1-9,16H,10-15H2. The summed E-state index contributed by atoms with van der Waals surface area (Å²) in [5, 5.41) is 2.62. The SMILES string of the molecule is O=C(c1ccc2ccccc2c1)N(CCN1CCOCC1)c1nc2c(F)cccc2s1. The zero-order valence-electron chi connectivity index (χ0n) is 17.0. The first-order valence-electron chi connectivity index (χ1n) is 10.3. The molecule has 7 heteroatoms. The monoisotopic (exact) mass is 435 g/mol. The number of carbonyl (C=O) groups is 1. The fourth-order valence-electron chi connectivity index (χ4n) is 3.85. The Labute approximate surface area is 183 Å². The summed E-state index contributed by atoms with van der Waals surface area (Å²) in [6.45, 7) is 4.27. The van der Waals surface area contributed by atoms with Crippen molar-refractivity contribution in [2.24, 2.45) is 0 Å². The first-order chi connectivity index (χ1) is 15.2. The lowest BCUT2D eigenvalue weighted by atomic mass is 10.1. The Balaban J connectivity index is 1.49. The van der Waals surface area contributed by atoms with Crippen molar-refractivity contribution in [3.05, 3.63) is 72.0 Å². The van der Waals surface area contributed by atoms with Crippen molar-refractivity contribution in [2.75, 3.05) is 44.3 Å². The third-order valence-corrected chi connectivity index (χ3v) is 6.62. The van der Waals surface area contributed by atoms with E-state index in [1.54, 1.807) is 11.0 Å². The van der Waals surface area contributed by atoms with E-state index < -0.39 is 0 Å². The van der Waals surface area contributed by atoms with Gasteiger partial charge >= 0.3 is 0 Å². The van der Waals surface area contributed by atoms with Gasteiger partial charge in [-0.15, -0.1) is 0 Å². The maximum atomic E-state index is 14.3. The van der Waals surface area contributed by atoms with E-state index in [0.717, 1.165) is 28.6 Å². The van der Waals surface area contributed by atoms with Gasteiger partial charge in [0, 0.05) is 31.7 Å². The Hall–Kier alpha value is -2.87. The van der Waals surface area contributed by atoms with E-state index in [1.807, 2.05) is 48.5 Å². The Morgan fingerprint density at radius 2 is 1.87 bits per heavy atom. The highest BCUT2D eigenvalue weighted by atomic mass is 32.1. The lowest BCUT2D eigenvalue weighted by molar-refractivity contribution is 0.0391. The van der Waals surface area contributed by atoms with Crippen LogP contribution in [0.5, 0.6) is 0 Å². The molecule has 3 aromatic carbocycles. The van der Waals surface area contributed by atoms with Gasteiger partial charge in [0.05, 0.1) is 17.9 Å². The first kappa shape index (κ1) is 20.1. The zero-order chi connectivity index (χ0) is 21.2. The number of aromatic nitrogens is 1. The molecule has 1 aromatic heterocycles. The molecule has 0 atom stereocenters. The molecule has 1 aliphatic rings. The number of carbonyl (C=O) groups excluding carboxylic acids is 1. The van der Waals surface area contributed by atoms with E-state index in [2.05, 4.69) is 9.88 Å². The molecule has 0 saturated carbocycles. The third-order valence-electron chi connectivity index (χ3n) is 5.57. The molecule has 0 spiro atoms. The second-order valence-corrected chi connectivity index (χ2v) is 8.56. The molecule has 0 radical (unpaired) electrons. The number of hydrogen-bond acceptors (Lipinski definition) is 5. The van der Waals surface area contributed by atoms with Gasteiger partial charge in [0.2, 0.25) is 0 Å². The third kappa shape index (κ3) is 4.17. The van der Waals surface area contributed by atoms with Crippen LogP contribution < -0.4 is 4.90 Å². The van der Waals surface area contributed by atoms with Crippen LogP contribution in [0.1, 0.15) is 10.4 Å². The molecule has 158 valence electrons. The zero-order valence-corrected chi connectivity index (χ0v) is 17.8. The van der Waals surface area contributed by atoms with Gasteiger partial charge in [-0.2, -0.15) is 0 Å². The van der Waals surface area contributed by atoms with Gasteiger partial charge in [0.25, 0.3) is 5.91 Å². The van der Waals surface area contributed by atoms with Gasteiger partial charge in [-0.3, -0.25) is 14.6 Å². The van der Waals surface area contributed by atoms with E-state index in [9.17, 15) is 9.18 Å². The molecule has 0 unspecified atom stereocenters. The number of morpholine rings is 1. The minimum absolute atomic E-state index is 0.126. The summed E-state index contributed by atoms with van der Waals surface area (Å²) in [5.41, 5.74) is 0.908. The number of para-hydroxylation sites is 1. The van der Waals surface area contributed by atoms with Crippen molar-refractivity contribution < 1.29 is 13.9 Å². The van der Waals surface area contributed by atoms with E-state index in [0.29, 0.717) is 42.5 Å². The second kappa shape index (κ2) is 8.70. The van der Waals surface area contributed by atoms with Crippen LogP contribution in [-0.2, 0) is 4.74 Å². The van der Waals surface area contributed by atoms with Crippen LogP contribution in [0.2, 0.25) is 0 Å². The van der Waals surface area contributed by atoms with Crippen molar-refractivity contribution in [1.82, 2.24) is 9.88 Å². The normalized spacial score (nSPS) is 14.9. The van der Waals surface area contributed by atoms with Crippen LogP contribution in [0.25, 0.3) is 21.0 Å². The maximum absolute atomic E-state index is 14.3. The van der Waals surface area contributed by atoms with Crippen molar-refractivity contribution in [2.45, 2.75) is 0 Å². The quantitative estimate of drug-likeness (QED) is 0.461. The number of rotatable bonds is 5. The summed E-state index contributed by atoms with van der Waals surface area (Å²) < 4.78 is 20.4. The summed E-state index contributed by atoms with van der Waals surface area (Å²) in [7, 11) is 0. The molecular formula is C24H22FN3O2S. The molecule has 1 aliphatic heterocycles. The Morgan fingerprint density at radius 1 is 1.06 bits per heavy atom. The highest BCUT2D eigenvalue weighted by molar-refractivity contribution is 7.22. The van der Waals surface area contributed by atoms with Crippen molar-refractivity contribution in [3.63, 3.8) is 0 Å². The molecule has 0 bridgehead atoms. The Morgan fingerprint density at radius 3 is 2.68 bits per heavy atom. The van der Waals surface area contributed by atoms with Crippen molar-refractivity contribution in [1.29, 1.82) is 0 Å². The molecule has 1 saturated heterocycles. The van der Waals surface area contributed by atoms with Gasteiger partial charge in [-0.25, -0.2) is 9.37 Å². The molecule has 31 heavy (non-hydrogen) atoms. The van der Waals surface area contributed by atoms with Gasteiger partial charge < -0.3 is 4.74 Å². The molecule has 0 N–H and O–H groups in total. The predicted octanol–water partition coefficient (Wildman–Crippen LogP) is 4.57. The Bertz CT molecular complexity index is 1240. The molecule has 1 amide bonds. The van der Waals surface area contributed by atoms with Crippen LogP contribution in [-0.4, -0.2) is 55.2 Å². The second-order valence-electron chi connectivity index (χ2n) is 7.56. The molecule has 2 heterocycles. The van der Waals surface area contributed by atoms with E-state index in [1.165, 1.54) is 17.4 Å². The number of anilines is 1. The molecule has 0 aliphatic carbocycles. The number of benzene rings is 3. The van der Waals surface area contributed by atoms with E-state index in [4.69, 9.17) is 4.74 Å². The fourth-order valence-corrected chi connectivity index (χ4v) is 4.85. The first-order valence-corrected chi connectivity index (χ1v) is 11.2. The van der Waals surface area contributed by atoms with Crippen molar-refractivity contribution in [3.8, 4) is 0 Å². The van der Waals surface area contributed by atoms with Crippen LogP contribution in [0.4, 0.5) is 9.52 Å². The minimum Gasteiger partial charge on any atom is -0.379 e. The Kier molecular flexibility index (Phi) is 5.63. The summed E-state index contributed by atoms with van der Waals surface area (Å²) in [6, 6.07) is 18.6. The lowest BCUT2D eigenvalue weighted by Crippen LogP contribution is -2.43. The number of amides is 1. The molecule has 4 aromatic rings. The maximum Gasteiger partial charge on any atom is 0.260 e. The predicted molar refractivity (Wildman–Crippen MR) is 122 cm³/mol. The largest absolute Gasteiger partial charge is 0.379 e. The average Bonchev–Trinajstić information content (AvgIpc) is 3.25. The summed E-state index contributed by atoms with van der Waals surface area (Å²) in [6.07, 6.45) is 0. The van der Waals surface area contributed by atoms with Gasteiger partial charge in [-0.1, -0.05) is 47.7 Å².